The van der Waals surface area contributed by atoms with Crippen LogP contribution < -0.4 is 0 Å². The molecule has 2 heterocycles. The molecule has 0 saturated heterocycles. The van der Waals surface area contributed by atoms with Crippen molar-refractivity contribution in [1.82, 2.24) is 19.5 Å². The van der Waals surface area contributed by atoms with E-state index in [1.54, 1.807) is 0 Å². The average Bonchev–Trinajstić information content (AvgIpc) is 3.52. The van der Waals surface area contributed by atoms with Crippen molar-refractivity contribution in [3.8, 4) is 39.9 Å². The molecule has 0 N–H and O–H groups in total. The standard InChI is InChI=1S/C48H32N4/c1-48(2)39-19-9-7-18-37(39)43-42-33(16-11-20-40(42)48)28-38-36-17-8-10-21-41(36)52(44(38)43)47-50-45(34-24-22-29-12-3-5-14-31(29)26-34)49-46(51-47)35-25-23-30-13-4-6-15-32(30)27-35/h3-28H,1-2H3. The molecule has 0 radical (unpaired) electrons. The maximum absolute atomic E-state index is 5.36. The summed E-state index contributed by atoms with van der Waals surface area (Å²) in [5.41, 5.74) is 9.06. The van der Waals surface area contributed by atoms with Crippen LogP contribution in [0, 0.1) is 0 Å². The fourth-order valence-electron chi connectivity index (χ4n) is 8.66. The maximum Gasteiger partial charge on any atom is 0.238 e. The SMILES string of the molecule is CC1(C)c2ccccc2-c2c3c1cccc3cc1c3ccccc3n(-c3nc(-c4ccc5ccccc5c4)nc(-c4ccc5ccccc5c4)n3)c21. The molecular weight excluding hydrogens is 633 g/mol. The lowest BCUT2D eigenvalue weighted by Crippen LogP contribution is -2.23. The van der Waals surface area contributed by atoms with Crippen LogP contribution in [0.2, 0.25) is 0 Å². The lowest BCUT2D eigenvalue weighted by Gasteiger charge is -2.35. The maximum atomic E-state index is 5.36. The van der Waals surface area contributed by atoms with E-state index >= 15 is 0 Å². The van der Waals surface area contributed by atoms with E-state index in [4.69, 9.17) is 15.0 Å². The van der Waals surface area contributed by atoms with E-state index < -0.39 is 0 Å². The highest BCUT2D eigenvalue weighted by molar-refractivity contribution is 6.22. The van der Waals surface area contributed by atoms with Crippen LogP contribution in [0.15, 0.2) is 158 Å². The normalized spacial score (nSPS) is 13.3. The molecule has 2 aromatic heterocycles. The molecular formula is C48H32N4. The molecule has 0 spiro atoms. The Morgan fingerprint density at radius 1 is 0.462 bits per heavy atom. The molecule has 4 heteroatoms. The first-order valence-corrected chi connectivity index (χ1v) is 17.9. The third-order valence-electron chi connectivity index (χ3n) is 11.2. The summed E-state index contributed by atoms with van der Waals surface area (Å²) in [5, 5.41) is 9.55. The van der Waals surface area contributed by atoms with Gasteiger partial charge in [0.2, 0.25) is 5.95 Å². The predicted molar refractivity (Wildman–Crippen MR) is 215 cm³/mol. The molecule has 0 amide bonds. The summed E-state index contributed by atoms with van der Waals surface area (Å²) >= 11 is 0. The van der Waals surface area contributed by atoms with Crippen molar-refractivity contribution in [2.75, 3.05) is 0 Å². The highest BCUT2D eigenvalue weighted by Crippen LogP contribution is 2.52. The quantitative estimate of drug-likeness (QED) is 0.189. The van der Waals surface area contributed by atoms with Gasteiger partial charge in [-0.1, -0.05) is 147 Å². The Bertz CT molecular complexity index is 3020. The summed E-state index contributed by atoms with van der Waals surface area (Å²) in [6, 6.07) is 56.5. The van der Waals surface area contributed by atoms with Gasteiger partial charge in [0.15, 0.2) is 11.6 Å². The van der Waals surface area contributed by atoms with Crippen LogP contribution in [0.3, 0.4) is 0 Å². The summed E-state index contributed by atoms with van der Waals surface area (Å²) < 4.78 is 2.29. The van der Waals surface area contributed by atoms with Gasteiger partial charge in [-0.2, -0.15) is 9.97 Å². The lowest BCUT2D eigenvalue weighted by atomic mass is 9.68. The smallest absolute Gasteiger partial charge is 0.238 e. The van der Waals surface area contributed by atoms with Crippen LogP contribution in [0.4, 0.5) is 0 Å². The van der Waals surface area contributed by atoms with E-state index in [0.29, 0.717) is 17.6 Å². The molecule has 8 aromatic carbocycles. The van der Waals surface area contributed by atoms with Crippen LogP contribution in [-0.2, 0) is 5.41 Å². The molecule has 4 nitrogen and oxygen atoms in total. The van der Waals surface area contributed by atoms with Crippen molar-refractivity contribution < 1.29 is 0 Å². The van der Waals surface area contributed by atoms with E-state index in [-0.39, 0.29) is 5.41 Å². The van der Waals surface area contributed by atoms with Gasteiger partial charge in [-0.05, 0) is 73.3 Å². The Kier molecular flexibility index (Phi) is 5.98. The van der Waals surface area contributed by atoms with E-state index in [0.717, 1.165) is 32.9 Å². The third kappa shape index (κ3) is 4.12. The largest absolute Gasteiger partial charge is 0.277 e. The van der Waals surface area contributed by atoms with Crippen molar-refractivity contribution >= 4 is 54.1 Å². The van der Waals surface area contributed by atoms with Gasteiger partial charge >= 0.3 is 0 Å². The van der Waals surface area contributed by atoms with Gasteiger partial charge in [0.05, 0.1) is 11.0 Å². The molecule has 0 saturated carbocycles. The Hall–Kier alpha value is -6.65. The van der Waals surface area contributed by atoms with E-state index in [9.17, 15) is 0 Å². The number of rotatable bonds is 3. The van der Waals surface area contributed by atoms with Gasteiger partial charge in [-0.3, -0.25) is 4.57 Å². The molecule has 10 aromatic rings. The van der Waals surface area contributed by atoms with E-state index in [2.05, 4.69) is 176 Å². The van der Waals surface area contributed by atoms with Crippen LogP contribution >= 0.6 is 0 Å². The number of aromatic nitrogens is 4. The van der Waals surface area contributed by atoms with Crippen molar-refractivity contribution in [1.29, 1.82) is 0 Å². The fraction of sp³-hybridized carbons (Fsp3) is 0.0625. The van der Waals surface area contributed by atoms with Gasteiger partial charge in [-0.25, -0.2) is 4.98 Å². The number of nitrogens with zero attached hydrogens (tertiary/aromatic N) is 4. The highest BCUT2D eigenvalue weighted by atomic mass is 15.2. The first-order valence-electron chi connectivity index (χ1n) is 17.9. The van der Waals surface area contributed by atoms with Gasteiger partial charge < -0.3 is 0 Å². The summed E-state index contributed by atoms with van der Waals surface area (Å²) in [7, 11) is 0. The van der Waals surface area contributed by atoms with Crippen molar-refractivity contribution in [3.63, 3.8) is 0 Å². The summed E-state index contributed by atoms with van der Waals surface area (Å²) in [6.45, 7) is 4.70. The second kappa shape index (κ2) is 10.7. The van der Waals surface area contributed by atoms with Crippen LogP contribution in [-0.4, -0.2) is 19.5 Å². The Morgan fingerprint density at radius 2 is 1.04 bits per heavy atom. The minimum Gasteiger partial charge on any atom is -0.277 e. The molecule has 52 heavy (non-hydrogen) atoms. The molecule has 1 aliphatic rings. The Balaban J connectivity index is 1.29. The highest BCUT2D eigenvalue weighted by Gasteiger charge is 2.35. The molecule has 0 fully saturated rings. The molecule has 0 aliphatic heterocycles. The molecule has 0 unspecified atom stereocenters. The van der Waals surface area contributed by atoms with E-state index in [1.165, 1.54) is 54.6 Å². The van der Waals surface area contributed by atoms with Gasteiger partial charge in [0.1, 0.15) is 0 Å². The van der Waals surface area contributed by atoms with Gasteiger partial charge in [0.25, 0.3) is 0 Å². The van der Waals surface area contributed by atoms with E-state index in [1.807, 2.05) is 0 Å². The number of para-hydroxylation sites is 1. The minimum absolute atomic E-state index is 0.159. The molecule has 0 atom stereocenters. The monoisotopic (exact) mass is 664 g/mol. The first-order chi connectivity index (χ1) is 25.5. The third-order valence-corrected chi connectivity index (χ3v) is 11.2. The molecule has 1 aliphatic carbocycles. The summed E-state index contributed by atoms with van der Waals surface area (Å²) in [4.78, 5) is 15.9. The number of hydrogen-bond donors (Lipinski definition) is 0. The second-order valence-electron chi connectivity index (χ2n) is 14.5. The summed E-state index contributed by atoms with van der Waals surface area (Å²) in [6.07, 6.45) is 0. The zero-order valence-electron chi connectivity index (χ0n) is 28.8. The van der Waals surface area contributed by atoms with Gasteiger partial charge in [-0.15, -0.1) is 0 Å². The fourth-order valence-corrected chi connectivity index (χ4v) is 8.66. The van der Waals surface area contributed by atoms with Crippen LogP contribution in [0.5, 0.6) is 0 Å². The van der Waals surface area contributed by atoms with Crippen molar-refractivity contribution in [2.45, 2.75) is 19.3 Å². The Morgan fingerprint density at radius 3 is 1.75 bits per heavy atom. The average molecular weight is 665 g/mol. The molecule has 244 valence electrons. The summed E-state index contributed by atoms with van der Waals surface area (Å²) in [5.74, 6) is 1.88. The van der Waals surface area contributed by atoms with Crippen LogP contribution in [0.25, 0.3) is 94.0 Å². The zero-order chi connectivity index (χ0) is 34.6. The topological polar surface area (TPSA) is 43.6 Å². The number of benzene rings is 8. The minimum atomic E-state index is -0.159. The first kappa shape index (κ1) is 29.1. The number of fused-ring (bicyclic) bond motifs is 8. The van der Waals surface area contributed by atoms with Crippen LogP contribution in [0.1, 0.15) is 25.0 Å². The Labute approximate surface area is 300 Å². The predicted octanol–water partition coefficient (Wildman–Crippen LogP) is 12.1. The van der Waals surface area contributed by atoms with Crippen molar-refractivity contribution in [2.24, 2.45) is 0 Å². The lowest BCUT2D eigenvalue weighted by molar-refractivity contribution is 0.645. The molecule has 0 bridgehead atoms. The molecule has 11 rings (SSSR count). The second-order valence-corrected chi connectivity index (χ2v) is 14.5. The van der Waals surface area contributed by atoms with Gasteiger partial charge in [0, 0.05) is 32.9 Å². The number of hydrogen-bond acceptors (Lipinski definition) is 3. The zero-order valence-corrected chi connectivity index (χ0v) is 28.8. The van der Waals surface area contributed by atoms with Crippen molar-refractivity contribution in [3.05, 3.63) is 169 Å².